The first-order chi connectivity index (χ1) is 36.3. The number of Topliss-reactive ketones (excluding diaryl/α,β-unsaturated/α-hetero) is 3. The van der Waals surface area contributed by atoms with Crippen molar-refractivity contribution in [2.24, 2.45) is 11.8 Å². The number of ketones is 3. The third-order valence-corrected chi connectivity index (χ3v) is 12.4. The number of carboxylic acid groups (broad SMARTS) is 4. The minimum atomic E-state index is -1.53. The van der Waals surface area contributed by atoms with Crippen molar-refractivity contribution >= 4 is 64.9 Å². The first kappa shape index (κ1) is 70.6. The number of carbonyl (C=O) groups is 11. The molecule has 0 bridgehead atoms. The van der Waals surface area contributed by atoms with Crippen molar-refractivity contribution in [1.82, 2.24) is 21.3 Å². The van der Waals surface area contributed by atoms with E-state index in [9.17, 15) is 68.1 Å². The van der Waals surface area contributed by atoms with E-state index in [0.717, 1.165) is 83.5 Å². The Bertz CT molecular complexity index is 1740. The van der Waals surface area contributed by atoms with Crippen molar-refractivity contribution in [3.05, 3.63) is 0 Å². The van der Waals surface area contributed by atoms with E-state index in [-0.39, 0.29) is 123 Å². The highest BCUT2D eigenvalue weighted by molar-refractivity contribution is 5.88. The summed E-state index contributed by atoms with van der Waals surface area (Å²) in [5.41, 5.74) is 0. The van der Waals surface area contributed by atoms with Crippen LogP contribution in [0.5, 0.6) is 0 Å². The summed E-state index contributed by atoms with van der Waals surface area (Å²) in [6.07, 6.45) is 12.7. The molecule has 0 aromatic heterocycles. The van der Waals surface area contributed by atoms with Gasteiger partial charge in [0.1, 0.15) is 36.9 Å². The minimum absolute atomic E-state index is 0. The molecule has 0 rings (SSSR count). The summed E-state index contributed by atoms with van der Waals surface area (Å²) in [5.74, 6) is -8.64. The van der Waals surface area contributed by atoms with Crippen molar-refractivity contribution in [3.8, 4) is 0 Å². The zero-order chi connectivity index (χ0) is 56.8. The summed E-state index contributed by atoms with van der Waals surface area (Å²) < 4.78 is 21.4. The van der Waals surface area contributed by atoms with Crippen LogP contribution in [0, 0.1) is 11.8 Å². The van der Waals surface area contributed by atoms with E-state index in [1.54, 1.807) is 6.92 Å². The van der Waals surface area contributed by atoms with Gasteiger partial charge in [-0.15, -0.1) is 0 Å². The molecule has 0 radical (unpaired) electrons. The lowest BCUT2D eigenvalue weighted by Gasteiger charge is -2.17. The predicted octanol–water partition coefficient (Wildman–Crippen LogP) is 4.96. The monoisotopic (exact) mass is 1090 g/mol. The molecule has 0 saturated heterocycles. The van der Waals surface area contributed by atoms with Crippen LogP contribution >= 0.6 is 0 Å². The lowest BCUT2D eigenvalue weighted by molar-refractivity contribution is -0.145. The Morgan fingerprint density at radius 1 is 0.408 bits per heavy atom. The summed E-state index contributed by atoms with van der Waals surface area (Å²) in [5, 5.41) is 47.6. The number of nitrogens with one attached hydrogen (secondary N) is 4. The van der Waals surface area contributed by atoms with Gasteiger partial charge in [0.15, 0.2) is 5.78 Å². The van der Waals surface area contributed by atoms with Crippen molar-refractivity contribution in [2.75, 3.05) is 65.9 Å². The zero-order valence-electron chi connectivity index (χ0n) is 45.2. The fraction of sp³-hybridized carbons (Fsp3) is 0.792. The third-order valence-electron chi connectivity index (χ3n) is 12.4. The SMILES string of the molecule is CC(=O)[C@@H](C)CCCCNC(=O)COCCOCCCC(=O)COCCOCCNC(=O)CC[C@H](CC(=O)CC[C@H](NC(=O)CC[C@H](NC(=O)CCCCCCCCCCCCCCC(=O)O)C(=O)O)C(=O)O)C(=O)O.[HH]. The van der Waals surface area contributed by atoms with Crippen LogP contribution in [-0.4, -0.2) is 163 Å². The summed E-state index contributed by atoms with van der Waals surface area (Å²) in [4.78, 5) is 131. The highest BCUT2D eigenvalue weighted by atomic mass is 16.5. The van der Waals surface area contributed by atoms with Crippen molar-refractivity contribution < 1.29 is 93.5 Å². The molecule has 0 saturated carbocycles. The molecule has 0 heterocycles. The molecule has 0 fully saturated rings. The summed E-state index contributed by atoms with van der Waals surface area (Å²) in [6.45, 7) is 5.14. The standard InChI is InChI=1S/C53H90N4O19.H2/c1-39(40(2)58)18-15-16-28-54-49(64)38-76-35-32-73-30-17-19-43(60)37-75-34-33-74-31-29-55-46(61)26-22-41(51(67)68)36-42(59)23-24-44(52(69)70)57-48(63)27-25-45(53(71)72)56-47(62)20-13-11-9-7-5-3-4-6-8-10-12-14-21-50(65)66;/h39,41,44-45H,3-38H2,1-2H3,(H,54,64)(H,55,61)(H,56,62)(H,57,63)(H,65,66)(H,67,68)(H,69,70)(H,71,72);1H/t39-,41+,44-,45-;/m0./s1. The maximum absolute atomic E-state index is 12.7. The molecule has 4 amide bonds. The van der Waals surface area contributed by atoms with Crippen LogP contribution in [-0.2, 0) is 71.7 Å². The molecule has 23 nitrogen and oxygen atoms in total. The maximum atomic E-state index is 12.7. The van der Waals surface area contributed by atoms with E-state index >= 15 is 0 Å². The molecule has 438 valence electrons. The summed E-state index contributed by atoms with van der Waals surface area (Å²) in [7, 11) is 0. The Balaban J connectivity index is 0. The maximum Gasteiger partial charge on any atom is 0.326 e. The highest BCUT2D eigenvalue weighted by Gasteiger charge is 2.27. The van der Waals surface area contributed by atoms with Crippen molar-refractivity contribution in [2.45, 2.75) is 193 Å². The van der Waals surface area contributed by atoms with Crippen LogP contribution in [0.3, 0.4) is 0 Å². The van der Waals surface area contributed by atoms with Gasteiger partial charge in [-0.25, -0.2) is 9.59 Å². The molecular weight excluding hydrogens is 997 g/mol. The van der Waals surface area contributed by atoms with Crippen LogP contribution in [0.2, 0.25) is 0 Å². The molecule has 0 spiro atoms. The van der Waals surface area contributed by atoms with Gasteiger partial charge in [0.05, 0.1) is 39.0 Å². The Morgan fingerprint density at radius 3 is 1.45 bits per heavy atom. The van der Waals surface area contributed by atoms with E-state index in [1.165, 1.54) is 0 Å². The molecule has 0 unspecified atom stereocenters. The first-order valence-corrected chi connectivity index (χ1v) is 27.2. The molecule has 0 aliphatic heterocycles. The molecule has 0 aliphatic carbocycles. The van der Waals surface area contributed by atoms with E-state index < -0.39 is 84.6 Å². The van der Waals surface area contributed by atoms with Crippen molar-refractivity contribution in [1.29, 1.82) is 0 Å². The number of carboxylic acids is 4. The molecular formula is C53H92N4O19. The number of hydrogen-bond donors (Lipinski definition) is 8. The second-order valence-corrected chi connectivity index (χ2v) is 19.1. The number of hydrogen-bond acceptors (Lipinski definition) is 15. The van der Waals surface area contributed by atoms with E-state index in [1.807, 2.05) is 6.92 Å². The van der Waals surface area contributed by atoms with Crippen LogP contribution in [0.25, 0.3) is 0 Å². The molecule has 4 atom stereocenters. The number of aliphatic carboxylic acids is 4. The Morgan fingerprint density at radius 2 is 0.895 bits per heavy atom. The molecule has 8 N–H and O–H groups in total. The molecule has 76 heavy (non-hydrogen) atoms. The molecule has 0 aliphatic rings. The van der Waals surface area contributed by atoms with Gasteiger partial charge < -0.3 is 60.6 Å². The van der Waals surface area contributed by atoms with E-state index in [0.29, 0.717) is 32.4 Å². The fourth-order valence-corrected chi connectivity index (χ4v) is 7.60. The average Bonchev–Trinajstić information content (AvgIpc) is 3.36. The smallest absolute Gasteiger partial charge is 0.326 e. The minimum Gasteiger partial charge on any atom is -0.481 e. The fourth-order valence-electron chi connectivity index (χ4n) is 7.60. The predicted molar refractivity (Wildman–Crippen MR) is 279 cm³/mol. The molecule has 23 heteroatoms. The quantitative estimate of drug-likeness (QED) is 0.0373. The van der Waals surface area contributed by atoms with Gasteiger partial charge in [0.25, 0.3) is 0 Å². The summed E-state index contributed by atoms with van der Waals surface area (Å²) >= 11 is 0. The van der Waals surface area contributed by atoms with Crippen LogP contribution in [0.15, 0.2) is 0 Å². The summed E-state index contributed by atoms with van der Waals surface area (Å²) in [6, 6.07) is -2.91. The third kappa shape index (κ3) is 43.8. The normalized spacial score (nSPS) is 12.7. The Kier molecular flexibility index (Phi) is 43.5. The Labute approximate surface area is 449 Å². The van der Waals surface area contributed by atoms with Gasteiger partial charge in [-0.05, 0) is 58.3 Å². The van der Waals surface area contributed by atoms with Crippen LogP contribution in [0.1, 0.15) is 182 Å². The van der Waals surface area contributed by atoms with Gasteiger partial charge >= 0.3 is 23.9 Å². The molecule has 0 aromatic rings. The zero-order valence-corrected chi connectivity index (χ0v) is 45.2. The van der Waals surface area contributed by atoms with E-state index in [2.05, 4.69) is 21.3 Å². The van der Waals surface area contributed by atoms with Gasteiger partial charge in [-0.3, -0.25) is 43.2 Å². The van der Waals surface area contributed by atoms with Gasteiger partial charge in [-0.2, -0.15) is 0 Å². The largest absolute Gasteiger partial charge is 0.481 e. The highest BCUT2D eigenvalue weighted by Crippen LogP contribution is 2.16. The number of ether oxygens (including phenoxy) is 4. The number of unbranched alkanes of at least 4 members (excludes halogenated alkanes) is 12. The lowest BCUT2D eigenvalue weighted by atomic mass is 9.94. The van der Waals surface area contributed by atoms with Crippen LogP contribution < -0.4 is 21.3 Å². The van der Waals surface area contributed by atoms with E-state index in [4.69, 9.17) is 24.1 Å². The lowest BCUT2D eigenvalue weighted by Crippen LogP contribution is -2.44. The van der Waals surface area contributed by atoms with Gasteiger partial charge in [0, 0.05) is 72.0 Å². The number of rotatable bonds is 54. The topological polar surface area (TPSA) is 354 Å². The second-order valence-electron chi connectivity index (χ2n) is 19.1. The second kappa shape index (κ2) is 46.9. The first-order valence-electron chi connectivity index (χ1n) is 27.2. The van der Waals surface area contributed by atoms with Crippen LogP contribution in [0.4, 0.5) is 0 Å². The molecule has 0 aromatic carbocycles. The number of amides is 4. The number of carbonyl (C=O) groups excluding carboxylic acids is 7. The Hall–Kier alpha value is -5.39. The van der Waals surface area contributed by atoms with Gasteiger partial charge in [-0.1, -0.05) is 77.6 Å². The van der Waals surface area contributed by atoms with Gasteiger partial charge in [0.2, 0.25) is 23.6 Å². The average molecular weight is 1090 g/mol. The van der Waals surface area contributed by atoms with Crippen molar-refractivity contribution in [3.63, 3.8) is 0 Å².